The lowest BCUT2D eigenvalue weighted by Gasteiger charge is -2.25. The number of methoxy groups -OCH3 is 1. The first-order chi connectivity index (χ1) is 14.8. The van der Waals surface area contributed by atoms with Gasteiger partial charge >= 0.3 is 0 Å². The van der Waals surface area contributed by atoms with Gasteiger partial charge in [0.15, 0.2) is 15.0 Å². The maximum atomic E-state index is 12.8. The fourth-order valence-electron chi connectivity index (χ4n) is 4.04. The van der Waals surface area contributed by atoms with Crippen LogP contribution in [0.3, 0.4) is 0 Å². The predicted octanol–water partition coefficient (Wildman–Crippen LogP) is 3.66. The Kier molecular flexibility index (Phi) is 6.12. The van der Waals surface area contributed by atoms with E-state index in [9.17, 15) is 13.2 Å². The lowest BCUT2D eigenvalue weighted by Crippen LogP contribution is -2.37. The third-order valence-corrected chi connectivity index (χ3v) is 8.87. The second-order valence-corrected chi connectivity index (χ2v) is 11.6. The van der Waals surface area contributed by atoms with Gasteiger partial charge in [0, 0.05) is 16.5 Å². The van der Waals surface area contributed by atoms with Gasteiger partial charge in [-0.1, -0.05) is 55.9 Å². The Hall–Kier alpha value is -2.32. The minimum atomic E-state index is -3.10. The summed E-state index contributed by atoms with van der Waals surface area (Å²) in [5.41, 5.74) is 2.85. The zero-order valence-electron chi connectivity index (χ0n) is 17.8. The molecule has 2 aromatic carbocycles. The summed E-state index contributed by atoms with van der Waals surface area (Å²) in [5.74, 6) is 0.967. The maximum absolute atomic E-state index is 12.8. The van der Waals surface area contributed by atoms with Crippen molar-refractivity contribution in [1.82, 2.24) is 0 Å². The molecule has 2 aliphatic heterocycles. The number of benzene rings is 2. The van der Waals surface area contributed by atoms with Crippen molar-refractivity contribution in [3.05, 3.63) is 59.7 Å². The van der Waals surface area contributed by atoms with E-state index in [2.05, 4.69) is 31.0 Å². The number of carbonyl (C=O) groups excluding carboxylic acids is 1. The zero-order chi connectivity index (χ0) is 22.2. The molecule has 2 fully saturated rings. The second kappa shape index (κ2) is 8.67. The van der Waals surface area contributed by atoms with Crippen molar-refractivity contribution in [2.45, 2.75) is 37.5 Å². The van der Waals surface area contributed by atoms with Gasteiger partial charge in [0.25, 0.3) is 5.91 Å². The summed E-state index contributed by atoms with van der Waals surface area (Å²) < 4.78 is 29.8. The van der Waals surface area contributed by atoms with E-state index >= 15 is 0 Å². The molecule has 0 aromatic heterocycles. The number of sulfone groups is 1. The van der Waals surface area contributed by atoms with Crippen LogP contribution in [0.1, 0.15) is 30.9 Å². The van der Waals surface area contributed by atoms with Crippen LogP contribution < -0.4 is 9.64 Å². The summed E-state index contributed by atoms with van der Waals surface area (Å²) in [7, 11) is -1.52. The number of ether oxygens (including phenoxy) is 1. The van der Waals surface area contributed by atoms with Gasteiger partial charge in [-0.3, -0.25) is 4.79 Å². The van der Waals surface area contributed by atoms with E-state index in [1.165, 1.54) is 17.3 Å². The van der Waals surface area contributed by atoms with Gasteiger partial charge in [-0.05, 0) is 29.7 Å². The second-order valence-electron chi connectivity index (χ2n) is 8.19. The molecule has 2 saturated heterocycles. The molecule has 0 spiro atoms. The first-order valence-electron chi connectivity index (χ1n) is 10.3. The van der Waals surface area contributed by atoms with E-state index in [4.69, 9.17) is 4.74 Å². The summed E-state index contributed by atoms with van der Waals surface area (Å²) in [5, 5.41) is 0.453. The molecule has 164 valence electrons. The number of anilines is 1. The van der Waals surface area contributed by atoms with Crippen LogP contribution in [-0.2, 0) is 21.1 Å². The minimum Gasteiger partial charge on any atom is -0.496 e. The standard InChI is InChI=1S/C23H26N2O4S2/c1-15(2)16-8-10-18(11-9-16)25-19-13-31(27,28)14-21(19)30-23(25)24-22(26)12-17-6-4-5-7-20(17)29-3/h4-11,15,19,21H,12-14H2,1-3H3. The van der Waals surface area contributed by atoms with Gasteiger partial charge in [-0.2, -0.15) is 4.99 Å². The summed E-state index contributed by atoms with van der Waals surface area (Å²) in [6, 6.07) is 15.3. The smallest absolute Gasteiger partial charge is 0.252 e. The fourth-order valence-corrected chi connectivity index (χ4v) is 7.98. The van der Waals surface area contributed by atoms with Crippen molar-refractivity contribution in [3.8, 4) is 5.75 Å². The van der Waals surface area contributed by atoms with E-state index in [1.807, 2.05) is 41.3 Å². The molecule has 8 heteroatoms. The minimum absolute atomic E-state index is 0.0797. The monoisotopic (exact) mass is 458 g/mol. The largest absolute Gasteiger partial charge is 0.496 e. The lowest BCUT2D eigenvalue weighted by atomic mass is 10.0. The van der Waals surface area contributed by atoms with Crippen molar-refractivity contribution < 1.29 is 17.9 Å². The van der Waals surface area contributed by atoms with E-state index in [-0.39, 0.29) is 35.1 Å². The first kappa shape index (κ1) is 21.9. The Morgan fingerprint density at radius 3 is 2.55 bits per heavy atom. The highest BCUT2D eigenvalue weighted by molar-refractivity contribution is 8.16. The molecule has 0 bridgehead atoms. The van der Waals surface area contributed by atoms with Gasteiger partial charge < -0.3 is 9.64 Å². The molecule has 2 aliphatic rings. The Bertz CT molecular complexity index is 1110. The molecular weight excluding hydrogens is 432 g/mol. The Balaban J connectivity index is 1.64. The van der Waals surface area contributed by atoms with Crippen molar-refractivity contribution in [2.75, 3.05) is 23.5 Å². The molecule has 0 radical (unpaired) electrons. The van der Waals surface area contributed by atoms with Crippen LogP contribution in [0.5, 0.6) is 5.75 Å². The van der Waals surface area contributed by atoms with Crippen LogP contribution in [0, 0.1) is 0 Å². The van der Waals surface area contributed by atoms with E-state index in [0.29, 0.717) is 16.8 Å². The van der Waals surface area contributed by atoms with Gasteiger partial charge in [0.2, 0.25) is 0 Å². The molecule has 2 atom stereocenters. The first-order valence-corrected chi connectivity index (χ1v) is 13.0. The summed E-state index contributed by atoms with van der Waals surface area (Å²) >= 11 is 1.39. The highest BCUT2D eigenvalue weighted by Crippen LogP contribution is 2.41. The van der Waals surface area contributed by atoms with Crippen LogP contribution >= 0.6 is 11.8 Å². The zero-order valence-corrected chi connectivity index (χ0v) is 19.4. The topological polar surface area (TPSA) is 76.0 Å². The molecule has 2 aromatic rings. The number of aliphatic imine (C=N–C) groups is 1. The van der Waals surface area contributed by atoms with Crippen LogP contribution in [-0.4, -0.2) is 49.4 Å². The molecule has 1 amide bonds. The number of para-hydroxylation sites is 1. The summed E-state index contributed by atoms with van der Waals surface area (Å²) in [6.07, 6.45) is 0.127. The Morgan fingerprint density at radius 2 is 1.87 bits per heavy atom. The third kappa shape index (κ3) is 4.65. The number of hydrogen-bond acceptors (Lipinski definition) is 5. The number of carbonyl (C=O) groups is 1. The van der Waals surface area contributed by atoms with Gasteiger partial charge in [0.1, 0.15) is 5.75 Å². The van der Waals surface area contributed by atoms with Crippen molar-refractivity contribution in [3.63, 3.8) is 0 Å². The number of fused-ring (bicyclic) bond motifs is 1. The highest BCUT2D eigenvalue weighted by atomic mass is 32.2. The number of thioether (sulfide) groups is 1. The van der Waals surface area contributed by atoms with Crippen LogP contribution in [0.2, 0.25) is 0 Å². The van der Waals surface area contributed by atoms with Crippen molar-refractivity contribution in [1.29, 1.82) is 0 Å². The number of hydrogen-bond donors (Lipinski definition) is 0. The van der Waals surface area contributed by atoms with Gasteiger partial charge in [-0.25, -0.2) is 8.42 Å². The van der Waals surface area contributed by atoms with Gasteiger partial charge in [-0.15, -0.1) is 0 Å². The summed E-state index contributed by atoms with van der Waals surface area (Å²) in [6.45, 7) is 4.26. The molecule has 2 unspecified atom stereocenters. The molecule has 0 N–H and O–H groups in total. The van der Waals surface area contributed by atoms with Crippen LogP contribution in [0.25, 0.3) is 0 Å². The maximum Gasteiger partial charge on any atom is 0.252 e. The average molecular weight is 459 g/mol. The average Bonchev–Trinajstić information content (AvgIpc) is 3.19. The molecule has 4 rings (SSSR count). The summed E-state index contributed by atoms with van der Waals surface area (Å²) in [4.78, 5) is 19.1. The molecule has 6 nitrogen and oxygen atoms in total. The lowest BCUT2D eigenvalue weighted by molar-refractivity contribution is -0.117. The molecule has 0 aliphatic carbocycles. The quantitative estimate of drug-likeness (QED) is 0.681. The predicted molar refractivity (Wildman–Crippen MR) is 126 cm³/mol. The van der Waals surface area contributed by atoms with Crippen molar-refractivity contribution >= 4 is 38.4 Å². The molecule has 31 heavy (non-hydrogen) atoms. The van der Waals surface area contributed by atoms with Gasteiger partial charge in [0.05, 0.1) is 31.1 Å². The number of rotatable bonds is 5. The molecular formula is C23H26N2O4S2. The fraction of sp³-hybridized carbons (Fsp3) is 0.391. The van der Waals surface area contributed by atoms with E-state index < -0.39 is 9.84 Å². The normalized spacial score (nSPS) is 23.4. The van der Waals surface area contributed by atoms with E-state index in [1.54, 1.807) is 7.11 Å². The van der Waals surface area contributed by atoms with E-state index in [0.717, 1.165) is 11.3 Å². The highest BCUT2D eigenvalue weighted by Gasteiger charge is 2.49. The Labute approximate surface area is 187 Å². The Morgan fingerprint density at radius 1 is 1.16 bits per heavy atom. The number of amidine groups is 1. The third-order valence-electron chi connectivity index (χ3n) is 5.66. The number of nitrogens with zero attached hydrogens (tertiary/aromatic N) is 2. The number of amides is 1. The molecule has 0 saturated carbocycles. The SMILES string of the molecule is COc1ccccc1CC(=O)N=C1SC2CS(=O)(=O)CC2N1c1ccc(C(C)C)cc1. The molecule has 2 heterocycles. The van der Waals surface area contributed by atoms with Crippen LogP contribution in [0.4, 0.5) is 5.69 Å². The van der Waals surface area contributed by atoms with Crippen LogP contribution in [0.15, 0.2) is 53.5 Å². The van der Waals surface area contributed by atoms with Crippen molar-refractivity contribution in [2.24, 2.45) is 4.99 Å².